The van der Waals surface area contributed by atoms with Gasteiger partial charge in [-0.3, -0.25) is 14.9 Å². The maximum absolute atomic E-state index is 11.6. The number of nitrogens with zero attached hydrogens (tertiary/aromatic N) is 1. The molecule has 1 aromatic rings. The normalized spacial score (nSPS) is 10.8. The van der Waals surface area contributed by atoms with E-state index < -0.39 is 22.3 Å². The van der Waals surface area contributed by atoms with Gasteiger partial charge in [-0.2, -0.15) is 0 Å². The summed E-state index contributed by atoms with van der Waals surface area (Å²) in [6.07, 6.45) is 0.00274. The molecule has 0 radical (unpaired) electrons. The molecule has 0 aliphatic rings. The highest BCUT2D eigenvalue weighted by atomic mass is 16.6. The standard InChI is InChI=1S/C13H17N3O5/c1-13(2,12(18)19)15-11(17)7-8-14-9-5-3-4-6-10(9)16(20)21/h3-6,14H,7-8H2,1-2H3,(H,15,17)(H,18,19). The highest BCUT2D eigenvalue weighted by molar-refractivity contribution is 5.86. The van der Waals surface area contributed by atoms with E-state index in [0.29, 0.717) is 5.69 Å². The minimum absolute atomic E-state index is 0.00274. The number of para-hydroxylation sites is 2. The number of nitro groups is 1. The second-order valence-electron chi connectivity index (χ2n) is 4.93. The number of aliphatic carboxylic acids is 1. The van der Waals surface area contributed by atoms with Gasteiger partial charge in [-0.05, 0) is 19.9 Å². The van der Waals surface area contributed by atoms with E-state index >= 15 is 0 Å². The zero-order valence-electron chi connectivity index (χ0n) is 11.8. The second-order valence-corrected chi connectivity index (χ2v) is 4.93. The molecule has 0 saturated heterocycles. The molecule has 8 nitrogen and oxygen atoms in total. The first kappa shape index (κ1) is 16.4. The number of benzene rings is 1. The summed E-state index contributed by atoms with van der Waals surface area (Å²) in [5.41, 5.74) is -1.12. The van der Waals surface area contributed by atoms with Crippen LogP contribution in [0.1, 0.15) is 20.3 Å². The van der Waals surface area contributed by atoms with Gasteiger partial charge in [0, 0.05) is 19.0 Å². The molecule has 0 fully saturated rings. The Labute approximate surface area is 121 Å². The minimum Gasteiger partial charge on any atom is -0.480 e. The lowest BCUT2D eigenvalue weighted by Crippen LogP contribution is -2.49. The predicted octanol–water partition coefficient (Wildman–Crippen LogP) is 1.38. The molecule has 1 rings (SSSR count). The van der Waals surface area contributed by atoms with E-state index in [4.69, 9.17) is 5.11 Å². The quantitative estimate of drug-likeness (QED) is 0.516. The van der Waals surface area contributed by atoms with E-state index in [0.717, 1.165) is 0 Å². The molecule has 21 heavy (non-hydrogen) atoms. The van der Waals surface area contributed by atoms with Gasteiger partial charge in [0.2, 0.25) is 5.91 Å². The fourth-order valence-electron chi connectivity index (χ4n) is 1.56. The summed E-state index contributed by atoms with van der Waals surface area (Å²) in [5.74, 6) is -1.59. The van der Waals surface area contributed by atoms with E-state index in [-0.39, 0.29) is 18.7 Å². The fourth-order valence-corrected chi connectivity index (χ4v) is 1.56. The Morgan fingerprint density at radius 1 is 1.33 bits per heavy atom. The van der Waals surface area contributed by atoms with Crippen molar-refractivity contribution in [3.05, 3.63) is 34.4 Å². The van der Waals surface area contributed by atoms with E-state index in [1.807, 2.05) is 0 Å². The highest BCUT2D eigenvalue weighted by Gasteiger charge is 2.28. The predicted molar refractivity (Wildman–Crippen MR) is 76.1 cm³/mol. The number of carboxylic acids is 1. The van der Waals surface area contributed by atoms with Gasteiger partial charge in [0.05, 0.1) is 4.92 Å². The number of hydrogen-bond donors (Lipinski definition) is 3. The number of hydrogen-bond acceptors (Lipinski definition) is 5. The zero-order chi connectivity index (χ0) is 16.0. The summed E-state index contributed by atoms with van der Waals surface area (Å²) in [6.45, 7) is 2.91. The number of nitrogens with one attached hydrogen (secondary N) is 2. The summed E-state index contributed by atoms with van der Waals surface area (Å²) in [6, 6.07) is 6.08. The van der Waals surface area contributed by atoms with Crippen LogP contribution in [0.4, 0.5) is 11.4 Å². The Morgan fingerprint density at radius 2 is 1.95 bits per heavy atom. The van der Waals surface area contributed by atoms with Crippen LogP contribution in [0.2, 0.25) is 0 Å². The van der Waals surface area contributed by atoms with E-state index in [2.05, 4.69) is 10.6 Å². The largest absolute Gasteiger partial charge is 0.480 e. The summed E-state index contributed by atoms with van der Waals surface area (Å²) < 4.78 is 0. The molecule has 0 bridgehead atoms. The van der Waals surface area contributed by atoms with Gasteiger partial charge in [-0.15, -0.1) is 0 Å². The van der Waals surface area contributed by atoms with E-state index in [9.17, 15) is 19.7 Å². The summed E-state index contributed by atoms with van der Waals surface area (Å²) >= 11 is 0. The highest BCUT2D eigenvalue weighted by Crippen LogP contribution is 2.22. The van der Waals surface area contributed by atoms with Crippen LogP contribution < -0.4 is 10.6 Å². The second kappa shape index (κ2) is 6.69. The van der Waals surface area contributed by atoms with E-state index in [1.165, 1.54) is 26.0 Å². The van der Waals surface area contributed by atoms with Gasteiger partial charge in [-0.1, -0.05) is 12.1 Å². The molecular formula is C13H17N3O5. The van der Waals surface area contributed by atoms with Gasteiger partial charge in [0.1, 0.15) is 11.2 Å². The van der Waals surface area contributed by atoms with Gasteiger partial charge in [0.25, 0.3) is 5.69 Å². The summed E-state index contributed by atoms with van der Waals surface area (Å²) in [4.78, 5) is 32.8. The number of rotatable bonds is 7. The Hall–Kier alpha value is -2.64. The molecular weight excluding hydrogens is 278 g/mol. The number of nitro benzene ring substituents is 1. The smallest absolute Gasteiger partial charge is 0.328 e. The molecule has 0 atom stereocenters. The summed E-state index contributed by atoms with van der Waals surface area (Å²) in [7, 11) is 0. The van der Waals surface area contributed by atoms with Crippen LogP contribution in [-0.4, -0.2) is 34.0 Å². The Balaban J connectivity index is 2.53. The first-order valence-electron chi connectivity index (χ1n) is 6.26. The van der Waals surface area contributed by atoms with Crippen molar-refractivity contribution >= 4 is 23.3 Å². The number of carbonyl (C=O) groups is 2. The van der Waals surface area contributed by atoms with Crippen LogP contribution in [0, 0.1) is 10.1 Å². The lowest BCUT2D eigenvalue weighted by atomic mass is 10.1. The lowest BCUT2D eigenvalue weighted by molar-refractivity contribution is -0.384. The number of carboxylic acid groups (broad SMARTS) is 1. The van der Waals surface area contributed by atoms with Crippen LogP contribution in [0.3, 0.4) is 0 Å². The molecule has 0 aromatic heterocycles. The molecule has 1 amide bonds. The molecule has 0 saturated carbocycles. The molecule has 0 unspecified atom stereocenters. The van der Waals surface area contributed by atoms with Crippen molar-refractivity contribution in [3.63, 3.8) is 0 Å². The molecule has 8 heteroatoms. The maximum Gasteiger partial charge on any atom is 0.328 e. The van der Waals surface area contributed by atoms with Crippen molar-refractivity contribution in [2.24, 2.45) is 0 Å². The zero-order valence-corrected chi connectivity index (χ0v) is 11.8. The third-order valence-electron chi connectivity index (χ3n) is 2.75. The van der Waals surface area contributed by atoms with Crippen LogP contribution in [0.15, 0.2) is 24.3 Å². The number of amides is 1. The fraction of sp³-hybridized carbons (Fsp3) is 0.385. The van der Waals surface area contributed by atoms with Crippen molar-refractivity contribution in [2.75, 3.05) is 11.9 Å². The lowest BCUT2D eigenvalue weighted by Gasteiger charge is -2.21. The average Bonchev–Trinajstić information content (AvgIpc) is 2.38. The third-order valence-corrected chi connectivity index (χ3v) is 2.75. The van der Waals surface area contributed by atoms with Crippen LogP contribution >= 0.6 is 0 Å². The number of carbonyl (C=O) groups excluding carboxylic acids is 1. The van der Waals surface area contributed by atoms with Gasteiger partial charge in [0.15, 0.2) is 0 Å². The van der Waals surface area contributed by atoms with Crippen LogP contribution in [0.25, 0.3) is 0 Å². The minimum atomic E-state index is -1.35. The summed E-state index contributed by atoms with van der Waals surface area (Å²) in [5, 5.41) is 24.8. The Morgan fingerprint density at radius 3 is 2.52 bits per heavy atom. The van der Waals surface area contributed by atoms with Crippen molar-refractivity contribution in [3.8, 4) is 0 Å². The van der Waals surface area contributed by atoms with Crippen molar-refractivity contribution < 1.29 is 19.6 Å². The number of anilines is 1. The molecule has 1 aromatic carbocycles. The van der Waals surface area contributed by atoms with Gasteiger partial charge >= 0.3 is 5.97 Å². The molecule has 0 aliphatic carbocycles. The molecule has 0 spiro atoms. The average molecular weight is 295 g/mol. The molecule has 3 N–H and O–H groups in total. The van der Waals surface area contributed by atoms with E-state index in [1.54, 1.807) is 12.1 Å². The third kappa shape index (κ3) is 4.75. The van der Waals surface area contributed by atoms with Crippen molar-refractivity contribution in [1.29, 1.82) is 0 Å². The Kier molecular flexibility index (Phi) is 5.23. The van der Waals surface area contributed by atoms with Gasteiger partial charge in [-0.25, -0.2) is 4.79 Å². The topological polar surface area (TPSA) is 122 Å². The van der Waals surface area contributed by atoms with Crippen LogP contribution in [0.5, 0.6) is 0 Å². The molecule has 114 valence electrons. The molecule has 0 heterocycles. The molecule has 0 aliphatic heterocycles. The first-order chi connectivity index (χ1) is 9.74. The van der Waals surface area contributed by atoms with Gasteiger partial charge < -0.3 is 15.7 Å². The first-order valence-corrected chi connectivity index (χ1v) is 6.26. The van der Waals surface area contributed by atoms with Crippen LogP contribution in [-0.2, 0) is 9.59 Å². The maximum atomic E-state index is 11.6. The monoisotopic (exact) mass is 295 g/mol. The SMILES string of the molecule is CC(C)(NC(=O)CCNc1ccccc1[N+](=O)[O-])C(=O)O. The Bertz CT molecular complexity index is 556. The van der Waals surface area contributed by atoms with Crippen molar-refractivity contribution in [1.82, 2.24) is 5.32 Å². The van der Waals surface area contributed by atoms with Crippen molar-refractivity contribution in [2.45, 2.75) is 25.8 Å².